The Morgan fingerprint density at radius 3 is 2.67 bits per heavy atom. The lowest BCUT2D eigenvalue weighted by atomic mass is 10.1. The molecule has 0 bridgehead atoms. The molecule has 0 saturated carbocycles. The van der Waals surface area contributed by atoms with Gasteiger partial charge in [-0.3, -0.25) is 0 Å². The molecule has 3 heteroatoms. The van der Waals surface area contributed by atoms with Gasteiger partial charge in [-0.25, -0.2) is 4.98 Å². The predicted molar refractivity (Wildman–Crippen MR) is 74.7 cm³/mol. The average molecular weight is 246 g/mol. The first-order valence-electron chi connectivity index (χ1n) is 6.77. The molecule has 0 fully saturated rings. The van der Waals surface area contributed by atoms with Crippen molar-refractivity contribution in [2.24, 2.45) is 0 Å². The number of fused-ring (bicyclic) bond motifs is 1. The van der Waals surface area contributed by atoms with Crippen LogP contribution in [0, 0.1) is 0 Å². The SMILES string of the molecule is CCCc1nc2ccccc2n1C(C)CC(C)O. The van der Waals surface area contributed by atoms with Crippen molar-refractivity contribution in [3.8, 4) is 0 Å². The standard InChI is InChI=1S/C15H22N2O/c1-4-7-15-16-13-8-5-6-9-14(13)17(15)11(2)10-12(3)18/h5-6,8-9,11-12,18H,4,7,10H2,1-3H3. The second kappa shape index (κ2) is 5.53. The number of benzene rings is 1. The monoisotopic (exact) mass is 246 g/mol. The summed E-state index contributed by atoms with van der Waals surface area (Å²) >= 11 is 0. The number of hydrogen-bond acceptors (Lipinski definition) is 2. The topological polar surface area (TPSA) is 38.0 Å². The van der Waals surface area contributed by atoms with E-state index in [0.717, 1.165) is 30.6 Å². The molecule has 0 spiro atoms. The van der Waals surface area contributed by atoms with E-state index >= 15 is 0 Å². The average Bonchev–Trinajstić information content (AvgIpc) is 2.66. The first kappa shape index (κ1) is 13.1. The van der Waals surface area contributed by atoms with E-state index in [2.05, 4.69) is 30.5 Å². The zero-order valence-electron chi connectivity index (χ0n) is 11.4. The Morgan fingerprint density at radius 2 is 2.00 bits per heavy atom. The molecule has 0 radical (unpaired) electrons. The molecular formula is C15H22N2O. The summed E-state index contributed by atoms with van der Waals surface area (Å²) in [5, 5.41) is 9.58. The number of imidazole rings is 1. The molecule has 2 rings (SSSR count). The van der Waals surface area contributed by atoms with Crippen LogP contribution in [-0.4, -0.2) is 20.8 Å². The number of aliphatic hydroxyl groups is 1. The second-order valence-corrected chi connectivity index (χ2v) is 5.07. The molecular weight excluding hydrogens is 224 g/mol. The summed E-state index contributed by atoms with van der Waals surface area (Å²) in [6.45, 7) is 6.16. The Labute approximate surface area is 108 Å². The summed E-state index contributed by atoms with van der Waals surface area (Å²) in [5.41, 5.74) is 2.23. The van der Waals surface area contributed by atoms with Gasteiger partial charge in [0.1, 0.15) is 5.82 Å². The number of aromatic nitrogens is 2. The van der Waals surface area contributed by atoms with E-state index in [9.17, 15) is 5.11 Å². The van der Waals surface area contributed by atoms with Gasteiger partial charge in [-0.2, -0.15) is 0 Å². The van der Waals surface area contributed by atoms with Gasteiger partial charge in [-0.05, 0) is 38.8 Å². The van der Waals surface area contributed by atoms with Crippen molar-refractivity contribution in [1.29, 1.82) is 0 Å². The van der Waals surface area contributed by atoms with Gasteiger partial charge in [-0.1, -0.05) is 19.1 Å². The minimum Gasteiger partial charge on any atom is -0.393 e. The molecule has 2 atom stereocenters. The highest BCUT2D eigenvalue weighted by Gasteiger charge is 2.16. The molecule has 1 N–H and O–H groups in total. The molecule has 2 aromatic rings. The fourth-order valence-electron chi connectivity index (χ4n) is 2.59. The summed E-state index contributed by atoms with van der Waals surface area (Å²) in [4.78, 5) is 4.71. The van der Waals surface area contributed by atoms with Crippen molar-refractivity contribution in [3.05, 3.63) is 30.1 Å². The molecule has 1 aromatic carbocycles. The van der Waals surface area contributed by atoms with E-state index in [1.807, 2.05) is 19.1 Å². The second-order valence-electron chi connectivity index (χ2n) is 5.07. The highest BCUT2D eigenvalue weighted by Crippen LogP contribution is 2.24. The van der Waals surface area contributed by atoms with Crippen molar-refractivity contribution >= 4 is 11.0 Å². The van der Waals surface area contributed by atoms with Crippen molar-refractivity contribution in [2.45, 2.75) is 52.2 Å². The van der Waals surface area contributed by atoms with E-state index in [0.29, 0.717) is 0 Å². The maximum absolute atomic E-state index is 9.58. The Hall–Kier alpha value is -1.35. The summed E-state index contributed by atoms with van der Waals surface area (Å²) in [6, 6.07) is 8.51. The van der Waals surface area contributed by atoms with Crippen LogP contribution in [0.3, 0.4) is 0 Å². The van der Waals surface area contributed by atoms with Crippen LogP contribution < -0.4 is 0 Å². The normalized spacial score (nSPS) is 14.9. The summed E-state index contributed by atoms with van der Waals surface area (Å²) in [6.07, 6.45) is 2.55. The van der Waals surface area contributed by atoms with Gasteiger partial charge in [0, 0.05) is 12.5 Å². The summed E-state index contributed by atoms with van der Waals surface area (Å²) in [7, 11) is 0. The molecule has 2 unspecified atom stereocenters. The molecule has 0 aliphatic heterocycles. The van der Waals surface area contributed by atoms with Crippen molar-refractivity contribution in [2.75, 3.05) is 0 Å². The van der Waals surface area contributed by atoms with Crippen molar-refractivity contribution in [3.63, 3.8) is 0 Å². The number of para-hydroxylation sites is 2. The fourth-order valence-corrected chi connectivity index (χ4v) is 2.59. The molecule has 18 heavy (non-hydrogen) atoms. The maximum Gasteiger partial charge on any atom is 0.110 e. The van der Waals surface area contributed by atoms with Gasteiger partial charge in [0.2, 0.25) is 0 Å². The third-order valence-electron chi connectivity index (χ3n) is 3.27. The predicted octanol–water partition coefficient (Wildman–Crippen LogP) is 3.32. The first-order valence-corrected chi connectivity index (χ1v) is 6.77. The molecule has 1 heterocycles. The number of nitrogens with zero attached hydrogens (tertiary/aromatic N) is 2. The van der Waals surface area contributed by atoms with Crippen LogP contribution in [0.1, 0.15) is 45.5 Å². The lowest BCUT2D eigenvalue weighted by molar-refractivity contribution is 0.165. The fraction of sp³-hybridized carbons (Fsp3) is 0.533. The molecule has 0 saturated heterocycles. The van der Waals surface area contributed by atoms with Crippen LogP contribution in [0.5, 0.6) is 0 Å². The molecule has 3 nitrogen and oxygen atoms in total. The van der Waals surface area contributed by atoms with Gasteiger partial charge in [-0.15, -0.1) is 0 Å². The minimum absolute atomic E-state index is 0.277. The minimum atomic E-state index is -0.282. The molecule has 0 amide bonds. The smallest absolute Gasteiger partial charge is 0.110 e. The van der Waals surface area contributed by atoms with Gasteiger partial charge < -0.3 is 9.67 Å². The molecule has 98 valence electrons. The number of hydrogen-bond donors (Lipinski definition) is 1. The first-order chi connectivity index (χ1) is 8.63. The van der Waals surface area contributed by atoms with Crippen molar-refractivity contribution < 1.29 is 5.11 Å². The number of aryl methyl sites for hydroxylation is 1. The van der Waals surface area contributed by atoms with Crippen LogP contribution in [-0.2, 0) is 6.42 Å². The molecule has 1 aromatic heterocycles. The number of rotatable bonds is 5. The van der Waals surface area contributed by atoms with Gasteiger partial charge in [0.05, 0.1) is 17.1 Å². The van der Waals surface area contributed by atoms with Crippen molar-refractivity contribution in [1.82, 2.24) is 9.55 Å². The van der Waals surface area contributed by atoms with Gasteiger partial charge in [0.15, 0.2) is 0 Å². The Kier molecular flexibility index (Phi) is 4.02. The lowest BCUT2D eigenvalue weighted by Crippen LogP contribution is -2.14. The Bertz CT molecular complexity index is 516. The van der Waals surface area contributed by atoms with Crippen LogP contribution in [0.15, 0.2) is 24.3 Å². The van der Waals surface area contributed by atoms with E-state index in [1.165, 1.54) is 5.52 Å². The summed E-state index contributed by atoms with van der Waals surface area (Å²) in [5.74, 6) is 1.13. The highest BCUT2D eigenvalue weighted by atomic mass is 16.3. The quantitative estimate of drug-likeness (QED) is 0.878. The van der Waals surface area contributed by atoms with Gasteiger partial charge in [0.25, 0.3) is 0 Å². The largest absolute Gasteiger partial charge is 0.393 e. The van der Waals surface area contributed by atoms with E-state index in [-0.39, 0.29) is 12.1 Å². The van der Waals surface area contributed by atoms with Crippen LogP contribution in [0.2, 0.25) is 0 Å². The molecule has 0 aliphatic rings. The van der Waals surface area contributed by atoms with Crippen LogP contribution in [0.4, 0.5) is 0 Å². The lowest BCUT2D eigenvalue weighted by Gasteiger charge is -2.19. The third-order valence-corrected chi connectivity index (χ3v) is 3.27. The molecule has 0 aliphatic carbocycles. The van der Waals surface area contributed by atoms with E-state index in [4.69, 9.17) is 4.98 Å². The Morgan fingerprint density at radius 1 is 1.28 bits per heavy atom. The zero-order chi connectivity index (χ0) is 13.1. The summed E-state index contributed by atoms with van der Waals surface area (Å²) < 4.78 is 2.28. The zero-order valence-corrected chi connectivity index (χ0v) is 11.4. The highest BCUT2D eigenvalue weighted by molar-refractivity contribution is 5.76. The Balaban J connectivity index is 2.47. The van der Waals surface area contributed by atoms with E-state index in [1.54, 1.807) is 0 Å². The van der Waals surface area contributed by atoms with E-state index < -0.39 is 0 Å². The van der Waals surface area contributed by atoms with Crippen LogP contribution >= 0.6 is 0 Å². The number of aliphatic hydroxyl groups excluding tert-OH is 1. The maximum atomic E-state index is 9.58. The third kappa shape index (κ3) is 2.56. The van der Waals surface area contributed by atoms with Gasteiger partial charge >= 0.3 is 0 Å². The van der Waals surface area contributed by atoms with Crippen LogP contribution in [0.25, 0.3) is 11.0 Å².